The Bertz CT molecular complexity index is 704. The fourth-order valence-corrected chi connectivity index (χ4v) is 4.98. The van der Waals surface area contributed by atoms with E-state index in [0.717, 1.165) is 59.0 Å². The van der Waals surface area contributed by atoms with Crippen molar-refractivity contribution in [2.75, 3.05) is 0 Å². The van der Waals surface area contributed by atoms with E-state index in [-0.39, 0.29) is 33.6 Å². The summed E-state index contributed by atoms with van der Waals surface area (Å²) in [4.78, 5) is 27.1. The Balaban J connectivity index is 1.68. The lowest BCUT2D eigenvalue weighted by Crippen LogP contribution is -2.30. The highest BCUT2D eigenvalue weighted by Crippen LogP contribution is 2.39. The second-order valence-electron chi connectivity index (χ2n) is 6.33. The van der Waals surface area contributed by atoms with Gasteiger partial charge in [-0.1, -0.05) is 36.4 Å². The molecule has 1 aliphatic carbocycles. The first-order chi connectivity index (χ1) is 12.5. The summed E-state index contributed by atoms with van der Waals surface area (Å²) in [5.41, 5.74) is 0. The van der Waals surface area contributed by atoms with Gasteiger partial charge in [-0.05, 0) is 61.4 Å². The van der Waals surface area contributed by atoms with Crippen molar-refractivity contribution in [3.8, 4) is 11.5 Å². The second kappa shape index (κ2) is 8.64. The van der Waals surface area contributed by atoms with Crippen LogP contribution >= 0.6 is 23.5 Å². The fraction of sp³-hybridized carbons (Fsp3) is 0.300. The maximum absolute atomic E-state index is 12.8. The Morgan fingerprint density at radius 1 is 0.692 bits per heavy atom. The molecule has 1 saturated carbocycles. The first-order valence-corrected chi connectivity index (χ1v) is 10.2. The van der Waals surface area contributed by atoms with Crippen LogP contribution in [-0.4, -0.2) is 20.4 Å². The van der Waals surface area contributed by atoms with Crippen molar-refractivity contribution in [3.05, 3.63) is 48.5 Å². The van der Waals surface area contributed by atoms with Gasteiger partial charge in [0.05, 0.1) is 0 Å². The Morgan fingerprint density at radius 3 is 1.38 bits per heavy atom. The van der Waals surface area contributed by atoms with Gasteiger partial charge in [-0.25, -0.2) is 0 Å². The molecule has 0 radical (unpaired) electrons. The second-order valence-corrected chi connectivity index (χ2v) is 8.48. The monoisotopic (exact) mass is 388 g/mol. The van der Waals surface area contributed by atoms with Crippen LogP contribution in [0.25, 0.3) is 0 Å². The minimum absolute atomic E-state index is 0.0139. The average Bonchev–Trinajstić information content (AvgIpc) is 2.65. The van der Waals surface area contributed by atoms with Crippen molar-refractivity contribution in [3.63, 3.8) is 0 Å². The number of hydrogen-bond donors (Lipinski definition) is 2. The van der Waals surface area contributed by atoms with Crippen molar-refractivity contribution < 1.29 is 19.8 Å². The highest BCUT2D eigenvalue weighted by Gasteiger charge is 2.36. The van der Waals surface area contributed by atoms with Gasteiger partial charge >= 0.3 is 0 Å². The molecular weight excluding hydrogens is 368 g/mol. The lowest BCUT2D eigenvalue weighted by Gasteiger charge is -2.28. The zero-order chi connectivity index (χ0) is 18.5. The van der Waals surface area contributed by atoms with Crippen LogP contribution in [0.2, 0.25) is 0 Å². The molecular formula is C20H20O4S2. The molecule has 1 fully saturated rings. The van der Waals surface area contributed by atoms with E-state index >= 15 is 0 Å². The number of carbonyl (C=O) groups is 2. The van der Waals surface area contributed by atoms with Crippen LogP contribution in [0.4, 0.5) is 0 Å². The van der Waals surface area contributed by atoms with Gasteiger partial charge in [-0.3, -0.25) is 9.59 Å². The molecule has 0 aliphatic heterocycles. The van der Waals surface area contributed by atoms with Gasteiger partial charge in [0.2, 0.25) is 0 Å². The summed E-state index contributed by atoms with van der Waals surface area (Å²) in [6.07, 6.45) is 3.38. The summed E-state index contributed by atoms with van der Waals surface area (Å²) in [5.74, 6) is -0.227. The standard InChI is InChI=1S/C20H20O4S2/c21-13-5-9-15(10-6-13)25-19(23)17-3-1-2-4-18(17)20(24)26-16-11-7-14(22)8-12-16/h5-12,17-18,21-22H,1-4H2/t17-,18-/m0/s1. The molecule has 2 N–H and O–H groups in total. The van der Waals surface area contributed by atoms with Crippen LogP contribution in [0.5, 0.6) is 11.5 Å². The van der Waals surface area contributed by atoms with Gasteiger partial charge < -0.3 is 10.2 Å². The molecule has 26 heavy (non-hydrogen) atoms. The van der Waals surface area contributed by atoms with E-state index in [9.17, 15) is 19.8 Å². The molecule has 6 heteroatoms. The van der Waals surface area contributed by atoms with Crippen LogP contribution in [0.3, 0.4) is 0 Å². The third-order valence-corrected chi connectivity index (χ3v) is 6.51. The number of carbonyl (C=O) groups excluding carboxylic acids is 2. The first kappa shape index (κ1) is 18.9. The zero-order valence-electron chi connectivity index (χ0n) is 14.1. The maximum Gasteiger partial charge on any atom is 0.197 e. The number of aromatic hydroxyl groups is 2. The minimum Gasteiger partial charge on any atom is -0.508 e. The summed E-state index contributed by atoms with van der Waals surface area (Å²) >= 11 is 2.29. The number of thioether (sulfide) groups is 2. The Labute approximate surface area is 161 Å². The predicted octanol–water partition coefficient (Wildman–Crippen LogP) is 4.84. The lowest BCUT2D eigenvalue weighted by atomic mass is 9.81. The normalized spacial score (nSPS) is 19.8. The summed E-state index contributed by atoms with van der Waals surface area (Å²) in [6.45, 7) is 0. The molecule has 0 spiro atoms. The van der Waals surface area contributed by atoms with Crippen LogP contribution < -0.4 is 0 Å². The van der Waals surface area contributed by atoms with E-state index in [0.29, 0.717) is 0 Å². The van der Waals surface area contributed by atoms with Crippen molar-refractivity contribution in [1.29, 1.82) is 0 Å². The molecule has 0 bridgehead atoms. The predicted molar refractivity (Wildman–Crippen MR) is 103 cm³/mol. The molecule has 136 valence electrons. The van der Waals surface area contributed by atoms with E-state index < -0.39 is 0 Å². The van der Waals surface area contributed by atoms with Crippen molar-refractivity contribution in [1.82, 2.24) is 0 Å². The first-order valence-electron chi connectivity index (χ1n) is 8.54. The third kappa shape index (κ3) is 4.83. The van der Waals surface area contributed by atoms with E-state index in [1.165, 1.54) is 0 Å². The van der Waals surface area contributed by atoms with Gasteiger partial charge in [0, 0.05) is 21.6 Å². The number of phenolic OH excluding ortho intramolecular Hbond substituents is 2. The quantitative estimate of drug-likeness (QED) is 0.730. The molecule has 2 aromatic carbocycles. The Hall–Kier alpha value is -1.92. The van der Waals surface area contributed by atoms with Gasteiger partial charge in [0.1, 0.15) is 11.5 Å². The van der Waals surface area contributed by atoms with Gasteiger partial charge in [-0.2, -0.15) is 0 Å². The Morgan fingerprint density at radius 2 is 1.04 bits per heavy atom. The largest absolute Gasteiger partial charge is 0.508 e. The SMILES string of the molecule is O=C(Sc1ccc(O)cc1)[C@H]1CCCC[C@@H]1C(=O)Sc1ccc(O)cc1. The number of rotatable bonds is 4. The van der Waals surface area contributed by atoms with E-state index in [1.807, 2.05) is 0 Å². The fourth-order valence-electron chi connectivity index (χ4n) is 3.11. The van der Waals surface area contributed by atoms with E-state index in [4.69, 9.17) is 0 Å². The van der Waals surface area contributed by atoms with Gasteiger partial charge in [0.15, 0.2) is 10.2 Å². The van der Waals surface area contributed by atoms with Crippen molar-refractivity contribution >= 4 is 33.8 Å². The van der Waals surface area contributed by atoms with E-state index in [1.54, 1.807) is 48.5 Å². The summed E-state index contributed by atoms with van der Waals surface area (Å²) in [7, 11) is 0. The van der Waals surface area contributed by atoms with Crippen molar-refractivity contribution in [2.45, 2.75) is 35.5 Å². The minimum atomic E-state index is -0.278. The molecule has 0 aromatic heterocycles. The third-order valence-electron chi connectivity index (χ3n) is 4.48. The smallest absolute Gasteiger partial charge is 0.197 e. The number of hydrogen-bond acceptors (Lipinski definition) is 6. The summed E-state index contributed by atoms with van der Waals surface area (Å²) in [6, 6.07) is 13.1. The topological polar surface area (TPSA) is 74.6 Å². The van der Waals surface area contributed by atoms with Crippen LogP contribution in [0.1, 0.15) is 25.7 Å². The zero-order valence-corrected chi connectivity index (χ0v) is 15.8. The highest BCUT2D eigenvalue weighted by molar-refractivity contribution is 8.14. The number of phenols is 2. The lowest BCUT2D eigenvalue weighted by molar-refractivity contribution is -0.124. The van der Waals surface area contributed by atoms with Gasteiger partial charge in [-0.15, -0.1) is 0 Å². The highest BCUT2D eigenvalue weighted by atomic mass is 32.2. The van der Waals surface area contributed by atoms with Crippen LogP contribution in [-0.2, 0) is 9.59 Å². The van der Waals surface area contributed by atoms with Crippen LogP contribution in [0.15, 0.2) is 58.3 Å². The number of benzene rings is 2. The molecule has 0 amide bonds. The van der Waals surface area contributed by atoms with E-state index in [2.05, 4.69) is 0 Å². The molecule has 0 saturated heterocycles. The molecule has 0 unspecified atom stereocenters. The molecule has 2 atom stereocenters. The van der Waals surface area contributed by atoms with Gasteiger partial charge in [0.25, 0.3) is 0 Å². The average molecular weight is 389 g/mol. The molecule has 1 aliphatic rings. The maximum atomic E-state index is 12.8. The summed E-state index contributed by atoms with van der Waals surface area (Å²) < 4.78 is 0. The molecule has 3 rings (SSSR count). The van der Waals surface area contributed by atoms with Crippen molar-refractivity contribution in [2.24, 2.45) is 11.8 Å². The Kier molecular flexibility index (Phi) is 6.27. The summed E-state index contributed by atoms with van der Waals surface area (Å²) in [5, 5.41) is 18.7. The molecule has 0 heterocycles. The molecule has 2 aromatic rings. The molecule has 4 nitrogen and oxygen atoms in total. The van der Waals surface area contributed by atoms with Crippen LogP contribution in [0, 0.1) is 11.8 Å².